The van der Waals surface area contributed by atoms with E-state index in [1.165, 1.54) is 69.1 Å². The van der Waals surface area contributed by atoms with Crippen molar-refractivity contribution in [2.45, 2.75) is 76.0 Å². The van der Waals surface area contributed by atoms with Crippen LogP contribution in [0.1, 0.15) is 70.3 Å². The Balaban J connectivity index is 1.77. The lowest BCUT2D eigenvalue weighted by atomic mass is 10.0. The summed E-state index contributed by atoms with van der Waals surface area (Å²) in [6.07, 6.45) is 12.7. The third kappa shape index (κ3) is 8.07. The molecule has 0 radical (unpaired) electrons. The van der Waals surface area contributed by atoms with Crippen molar-refractivity contribution in [3.8, 4) is 17.2 Å². The van der Waals surface area contributed by atoms with Crippen LogP contribution in [-0.4, -0.2) is 18.1 Å². The summed E-state index contributed by atoms with van der Waals surface area (Å²) < 4.78 is 37.2. The molecule has 2 rings (SSSR count). The summed E-state index contributed by atoms with van der Waals surface area (Å²) in [6, 6.07) is 11.5. The van der Waals surface area contributed by atoms with Gasteiger partial charge in [0.2, 0.25) is 0 Å². The van der Waals surface area contributed by atoms with E-state index in [4.69, 9.17) is 9.29 Å². The zero-order chi connectivity index (χ0) is 21.1. The molecular weight excluding hydrogens is 388 g/mol. The molecule has 6 heteroatoms. The fraction of sp³-hybridized carbons (Fsp3) is 0.478. The normalized spacial score (nSPS) is 11.5. The second-order valence-electron chi connectivity index (χ2n) is 7.40. The van der Waals surface area contributed by atoms with Gasteiger partial charge in [0.25, 0.3) is 10.1 Å². The summed E-state index contributed by atoms with van der Waals surface area (Å²) in [6.45, 7) is 2.24. The van der Waals surface area contributed by atoms with Crippen LogP contribution in [-0.2, 0) is 16.5 Å². The van der Waals surface area contributed by atoms with Gasteiger partial charge < -0.3 is 9.84 Å². The minimum absolute atomic E-state index is 0.0215. The number of phenols is 1. The first-order valence-corrected chi connectivity index (χ1v) is 11.9. The SMILES string of the molecule is CCCCCCCCCCCc1ccc(Oc2cccc(S(=O)(=O)O)c2O)cc1. The molecule has 0 aliphatic carbocycles. The monoisotopic (exact) mass is 420 g/mol. The number of aromatic hydroxyl groups is 1. The van der Waals surface area contributed by atoms with E-state index in [0.717, 1.165) is 18.9 Å². The highest BCUT2D eigenvalue weighted by molar-refractivity contribution is 7.86. The molecule has 2 aromatic carbocycles. The van der Waals surface area contributed by atoms with Crippen LogP contribution in [0.2, 0.25) is 0 Å². The van der Waals surface area contributed by atoms with Crippen LogP contribution in [0.25, 0.3) is 0 Å². The summed E-state index contributed by atoms with van der Waals surface area (Å²) in [5, 5.41) is 10.0. The Hall–Kier alpha value is -2.05. The second-order valence-corrected chi connectivity index (χ2v) is 8.79. The van der Waals surface area contributed by atoms with Crippen molar-refractivity contribution in [2.24, 2.45) is 0 Å². The third-order valence-electron chi connectivity index (χ3n) is 4.96. The van der Waals surface area contributed by atoms with Crippen LogP contribution in [0, 0.1) is 0 Å². The fourth-order valence-electron chi connectivity index (χ4n) is 3.28. The lowest BCUT2D eigenvalue weighted by Crippen LogP contribution is -1.99. The third-order valence-corrected chi connectivity index (χ3v) is 5.85. The van der Waals surface area contributed by atoms with Gasteiger partial charge in [-0.2, -0.15) is 8.42 Å². The molecule has 0 unspecified atom stereocenters. The van der Waals surface area contributed by atoms with Crippen LogP contribution >= 0.6 is 0 Å². The Morgan fingerprint density at radius 1 is 0.828 bits per heavy atom. The maximum Gasteiger partial charge on any atom is 0.298 e. The van der Waals surface area contributed by atoms with Crippen molar-refractivity contribution in [2.75, 3.05) is 0 Å². The Morgan fingerprint density at radius 3 is 2.00 bits per heavy atom. The van der Waals surface area contributed by atoms with Crippen LogP contribution in [0.15, 0.2) is 47.4 Å². The molecule has 160 valence electrons. The van der Waals surface area contributed by atoms with E-state index >= 15 is 0 Å². The first-order valence-electron chi connectivity index (χ1n) is 10.5. The molecule has 0 amide bonds. The van der Waals surface area contributed by atoms with Gasteiger partial charge in [0, 0.05) is 0 Å². The fourth-order valence-corrected chi connectivity index (χ4v) is 3.88. The van der Waals surface area contributed by atoms with Crippen molar-refractivity contribution >= 4 is 10.1 Å². The molecule has 0 aliphatic heterocycles. The Morgan fingerprint density at radius 2 is 1.41 bits per heavy atom. The molecule has 2 aromatic rings. The Bertz CT molecular complexity index is 844. The molecule has 0 saturated carbocycles. The molecule has 5 nitrogen and oxygen atoms in total. The number of benzene rings is 2. The lowest BCUT2D eigenvalue weighted by molar-refractivity contribution is 0.395. The van der Waals surface area contributed by atoms with E-state index in [1.807, 2.05) is 12.1 Å². The van der Waals surface area contributed by atoms with E-state index in [2.05, 4.69) is 6.92 Å². The molecule has 0 spiro atoms. The average molecular weight is 421 g/mol. The van der Waals surface area contributed by atoms with Gasteiger partial charge in [0.15, 0.2) is 11.5 Å². The van der Waals surface area contributed by atoms with Crippen LogP contribution < -0.4 is 4.74 Å². The van der Waals surface area contributed by atoms with Gasteiger partial charge in [0.1, 0.15) is 10.6 Å². The van der Waals surface area contributed by atoms with Crippen molar-refractivity contribution in [3.05, 3.63) is 48.0 Å². The molecule has 0 heterocycles. The van der Waals surface area contributed by atoms with Gasteiger partial charge in [-0.1, -0.05) is 76.5 Å². The molecule has 0 fully saturated rings. The number of hydrogen-bond donors (Lipinski definition) is 2. The predicted octanol–water partition coefficient (Wildman–Crippen LogP) is 6.50. The van der Waals surface area contributed by atoms with Gasteiger partial charge in [-0.25, -0.2) is 0 Å². The van der Waals surface area contributed by atoms with E-state index in [-0.39, 0.29) is 5.75 Å². The van der Waals surface area contributed by atoms with E-state index in [0.29, 0.717) is 5.75 Å². The summed E-state index contributed by atoms with van der Waals surface area (Å²) in [7, 11) is -4.51. The molecule has 0 atom stereocenters. The largest absolute Gasteiger partial charge is 0.503 e. The van der Waals surface area contributed by atoms with Crippen molar-refractivity contribution < 1.29 is 22.8 Å². The minimum Gasteiger partial charge on any atom is -0.503 e. The number of phenolic OH excluding ortho intramolecular Hbond substituents is 1. The van der Waals surface area contributed by atoms with Crippen molar-refractivity contribution in [1.82, 2.24) is 0 Å². The van der Waals surface area contributed by atoms with Crippen LogP contribution in [0.3, 0.4) is 0 Å². The van der Waals surface area contributed by atoms with E-state index in [9.17, 15) is 13.5 Å². The van der Waals surface area contributed by atoms with Crippen molar-refractivity contribution in [1.29, 1.82) is 0 Å². The Kier molecular flexibility index (Phi) is 9.48. The highest BCUT2D eigenvalue weighted by Gasteiger charge is 2.19. The zero-order valence-electron chi connectivity index (χ0n) is 17.1. The van der Waals surface area contributed by atoms with Gasteiger partial charge >= 0.3 is 0 Å². The van der Waals surface area contributed by atoms with Gasteiger partial charge in [-0.15, -0.1) is 0 Å². The quantitative estimate of drug-likeness (QED) is 0.285. The maximum absolute atomic E-state index is 11.3. The summed E-state index contributed by atoms with van der Waals surface area (Å²) >= 11 is 0. The second kappa shape index (κ2) is 11.8. The smallest absolute Gasteiger partial charge is 0.298 e. The molecule has 2 N–H and O–H groups in total. The number of aryl methyl sites for hydroxylation is 1. The van der Waals surface area contributed by atoms with Gasteiger partial charge in [-0.05, 0) is 42.7 Å². The first-order chi connectivity index (χ1) is 13.9. The molecule has 0 aliphatic rings. The summed E-state index contributed by atoms with van der Waals surface area (Å²) in [5.41, 5.74) is 1.22. The van der Waals surface area contributed by atoms with Gasteiger partial charge in [0.05, 0.1) is 0 Å². The van der Waals surface area contributed by atoms with E-state index in [1.54, 1.807) is 12.1 Å². The topological polar surface area (TPSA) is 83.8 Å². The molecular formula is C23H32O5S. The molecule has 0 saturated heterocycles. The van der Waals surface area contributed by atoms with Gasteiger partial charge in [-0.3, -0.25) is 4.55 Å². The van der Waals surface area contributed by atoms with E-state index < -0.39 is 20.8 Å². The number of unbranched alkanes of at least 4 members (excludes halogenated alkanes) is 8. The van der Waals surface area contributed by atoms with Crippen LogP contribution in [0.4, 0.5) is 0 Å². The minimum atomic E-state index is -4.51. The lowest BCUT2D eigenvalue weighted by Gasteiger charge is -2.10. The summed E-state index contributed by atoms with van der Waals surface area (Å²) in [4.78, 5) is -0.572. The number of hydrogen-bond acceptors (Lipinski definition) is 4. The first kappa shape index (κ1) is 23.2. The predicted molar refractivity (Wildman–Crippen MR) is 115 cm³/mol. The standard InChI is InChI=1S/C23H32O5S/c1-2-3-4-5-6-7-8-9-10-12-19-15-17-20(18-16-19)28-21-13-11-14-22(23(21)24)29(25,26)27/h11,13-18,24H,2-10,12H2,1H3,(H,25,26,27). The Labute approximate surface area is 174 Å². The average Bonchev–Trinajstić information content (AvgIpc) is 2.68. The highest BCUT2D eigenvalue weighted by Crippen LogP contribution is 2.35. The number of ether oxygens (including phenoxy) is 1. The highest BCUT2D eigenvalue weighted by atomic mass is 32.2. The summed E-state index contributed by atoms with van der Waals surface area (Å²) in [5.74, 6) is -0.135. The van der Waals surface area contributed by atoms with Crippen LogP contribution in [0.5, 0.6) is 17.2 Å². The zero-order valence-corrected chi connectivity index (χ0v) is 18.0. The van der Waals surface area contributed by atoms with Crippen molar-refractivity contribution in [3.63, 3.8) is 0 Å². The number of para-hydroxylation sites is 1. The maximum atomic E-state index is 11.3. The molecule has 0 aromatic heterocycles. The molecule has 0 bridgehead atoms. The number of rotatable bonds is 13. The molecule has 29 heavy (non-hydrogen) atoms.